The molecule has 3 heterocycles. The van der Waals surface area contributed by atoms with E-state index in [1.54, 1.807) is 77.9 Å². The van der Waals surface area contributed by atoms with Gasteiger partial charge in [0, 0.05) is 12.8 Å². The van der Waals surface area contributed by atoms with Crippen molar-refractivity contribution in [2.45, 2.75) is 142 Å². The molecular weight excluding hydrogens is 833 g/mol. The molecule has 1 aliphatic heterocycles. The molecule has 2 fully saturated rings. The lowest BCUT2D eigenvalue weighted by atomic mass is 9.87. The van der Waals surface area contributed by atoms with E-state index in [-0.39, 0.29) is 35.8 Å². The Morgan fingerprint density at radius 3 is 2.29 bits per heavy atom. The van der Waals surface area contributed by atoms with Crippen LogP contribution in [0, 0.1) is 22.7 Å². The third-order valence-electron chi connectivity index (χ3n) is 10.2. The van der Waals surface area contributed by atoms with Gasteiger partial charge in [-0.15, -0.1) is 0 Å². The molecule has 2 aromatic heterocycles. The first-order chi connectivity index (χ1) is 29.6. The van der Waals surface area contributed by atoms with Crippen molar-refractivity contribution in [3.05, 3.63) is 60.0 Å². The highest BCUT2D eigenvalue weighted by molar-refractivity contribution is 6.69. The van der Waals surface area contributed by atoms with Gasteiger partial charge in [-0.25, -0.2) is 23.9 Å². The smallest absolute Gasteiger partial charge is 0.415 e. The van der Waals surface area contributed by atoms with Gasteiger partial charge in [-0.1, -0.05) is 49.6 Å². The SMILES string of the molecule is CC(C)(C)OC(=O)N[C@@H](Cc1ccccc1)C(=O)OC[C@H]1O[C@@](C#N)(c2ccc3c(NC(=O)OCOC(=O)C(C)(C)C)ncnn23)[C@H](O[Si](C)(C)C)[C@@H]1OC(=O)CC1CCCCC1. The Balaban J connectivity index is 1.48. The number of anilines is 1. The highest BCUT2D eigenvalue weighted by atomic mass is 28.4. The molecule has 0 unspecified atom stereocenters. The number of benzene rings is 1. The number of carbonyl (C=O) groups is 5. The fraction of sp³-hybridized carbons (Fsp3) is 0.591. The van der Waals surface area contributed by atoms with Crippen LogP contribution in [0.15, 0.2) is 48.8 Å². The molecule has 19 heteroatoms. The Kier molecular flexibility index (Phi) is 15.6. The Morgan fingerprint density at radius 1 is 0.952 bits per heavy atom. The largest absolute Gasteiger partial charge is 0.461 e. The molecule has 342 valence electrons. The number of ether oxygens (including phenoxy) is 6. The van der Waals surface area contributed by atoms with Crippen molar-refractivity contribution >= 4 is 49.7 Å². The second kappa shape index (κ2) is 20.3. The van der Waals surface area contributed by atoms with Crippen molar-refractivity contribution in [1.82, 2.24) is 19.9 Å². The van der Waals surface area contributed by atoms with Gasteiger partial charge in [0.05, 0.1) is 11.1 Å². The van der Waals surface area contributed by atoms with Gasteiger partial charge < -0.3 is 38.2 Å². The van der Waals surface area contributed by atoms with Crippen LogP contribution in [0.4, 0.5) is 15.4 Å². The molecule has 1 saturated heterocycles. The van der Waals surface area contributed by atoms with Crippen molar-refractivity contribution < 1.29 is 56.8 Å². The van der Waals surface area contributed by atoms with Gasteiger partial charge in [0.1, 0.15) is 48.4 Å². The second-order valence-electron chi connectivity index (χ2n) is 18.8. The molecule has 3 aromatic rings. The molecule has 1 aliphatic carbocycles. The zero-order chi connectivity index (χ0) is 46.2. The van der Waals surface area contributed by atoms with E-state index in [2.05, 4.69) is 26.8 Å². The second-order valence-corrected chi connectivity index (χ2v) is 23.3. The Bertz CT molecular complexity index is 2130. The molecule has 18 nitrogen and oxygen atoms in total. The monoisotopic (exact) mass is 892 g/mol. The van der Waals surface area contributed by atoms with Gasteiger partial charge >= 0.3 is 30.1 Å². The predicted molar refractivity (Wildman–Crippen MR) is 229 cm³/mol. The standard InChI is InChI=1S/C44H60N6O12Si/c1-42(2,3)39(53)57-27-58-40(54)49-37-31-20-21-33(50(31)47-26-46-37)44(25-45)36(62-63(7,8)9)35(59-34(51)23-29-18-14-11-15-19-29)32(60-44)24-56-38(52)30(22-28-16-12-10-13-17-28)48-41(55)61-43(4,5)6/h10,12-13,16-17,20-21,26,29-30,32,35-36H,11,14-15,18-19,22-24,27H2,1-9H3,(H,48,55)(H,46,47,49,54)/t30-,32+,35+,36+,44-/m0/s1. The molecule has 2 N–H and O–H groups in total. The van der Waals surface area contributed by atoms with Crippen LogP contribution in [0.3, 0.4) is 0 Å². The predicted octanol–water partition coefficient (Wildman–Crippen LogP) is 6.72. The summed E-state index contributed by atoms with van der Waals surface area (Å²) in [5.74, 6) is -1.80. The van der Waals surface area contributed by atoms with Crippen LogP contribution in [0.1, 0.15) is 91.3 Å². The van der Waals surface area contributed by atoms with E-state index in [0.717, 1.165) is 44.0 Å². The summed E-state index contributed by atoms with van der Waals surface area (Å²) >= 11 is 0. The molecule has 5 rings (SSSR count). The van der Waals surface area contributed by atoms with Gasteiger partial charge in [-0.05, 0) is 97.6 Å². The molecule has 0 spiro atoms. The average molecular weight is 893 g/mol. The van der Waals surface area contributed by atoms with Gasteiger partial charge in [0.15, 0.2) is 20.2 Å². The molecule has 5 atom stereocenters. The van der Waals surface area contributed by atoms with E-state index in [1.807, 2.05) is 25.7 Å². The topological polar surface area (TPSA) is 228 Å². The first kappa shape index (κ1) is 48.4. The summed E-state index contributed by atoms with van der Waals surface area (Å²) in [6, 6.07) is 13.2. The summed E-state index contributed by atoms with van der Waals surface area (Å²) < 4.78 is 42.4. The molecule has 0 bridgehead atoms. The van der Waals surface area contributed by atoms with Crippen LogP contribution < -0.4 is 10.6 Å². The Morgan fingerprint density at radius 2 is 1.65 bits per heavy atom. The minimum absolute atomic E-state index is 0.0139. The number of nitrogens with one attached hydrogen (secondary N) is 2. The maximum Gasteiger partial charge on any atom is 0.415 e. The lowest BCUT2D eigenvalue weighted by Gasteiger charge is -2.34. The summed E-state index contributed by atoms with van der Waals surface area (Å²) in [7, 11) is -2.62. The maximum absolute atomic E-state index is 14.0. The maximum atomic E-state index is 14.0. The zero-order valence-electron chi connectivity index (χ0n) is 37.6. The Hall–Kier alpha value is -5.58. The van der Waals surface area contributed by atoms with Crippen LogP contribution in [0.2, 0.25) is 19.6 Å². The number of amides is 2. The number of aromatic nitrogens is 3. The molecule has 2 aliphatic rings. The molecule has 1 saturated carbocycles. The normalized spacial score (nSPS) is 21.1. The highest BCUT2D eigenvalue weighted by Gasteiger charge is 2.62. The summed E-state index contributed by atoms with van der Waals surface area (Å²) in [4.78, 5) is 69.9. The quantitative estimate of drug-likeness (QED) is 0.0698. The lowest BCUT2D eigenvalue weighted by Crippen LogP contribution is -2.50. The third kappa shape index (κ3) is 13.2. The van der Waals surface area contributed by atoms with Crippen molar-refractivity contribution in [2.75, 3.05) is 18.7 Å². The number of rotatable bonds is 15. The number of alkyl carbamates (subject to hydrolysis) is 1. The van der Waals surface area contributed by atoms with E-state index >= 15 is 0 Å². The van der Waals surface area contributed by atoms with Crippen molar-refractivity contribution in [3.63, 3.8) is 0 Å². The van der Waals surface area contributed by atoms with E-state index in [9.17, 15) is 29.2 Å². The van der Waals surface area contributed by atoms with Crippen LogP contribution in [-0.4, -0.2) is 96.4 Å². The van der Waals surface area contributed by atoms with E-state index in [4.69, 9.17) is 32.8 Å². The van der Waals surface area contributed by atoms with Crippen LogP contribution in [0.5, 0.6) is 0 Å². The number of hydrogen-bond donors (Lipinski definition) is 2. The van der Waals surface area contributed by atoms with Gasteiger partial charge in [-0.3, -0.25) is 14.9 Å². The van der Waals surface area contributed by atoms with Crippen LogP contribution in [-0.2, 0) is 59.3 Å². The number of hydrogen-bond acceptors (Lipinski definition) is 15. The summed E-state index contributed by atoms with van der Waals surface area (Å²) in [6.07, 6.45) is 0.635. The number of fused-ring (bicyclic) bond motifs is 1. The number of nitriles is 1. The fourth-order valence-corrected chi connectivity index (χ4v) is 8.39. The average Bonchev–Trinajstić information content (AvgIpc) is 3.75. The highest BCUT2D eigenvalue weighted by Crippen LogP contribution is 2.45. The van der Waals surface area contributed by atoms with Crippen LogP contribution >= 0.6 is 0 Å². The van der Waals surface area contributed by atoms with Gasteiger partial charge in [0.25, 0.3) is 0 Å². The van der Waals surface area contributed by atoms with Crippen molar-refractivity contribution in [2.24, 2.45) is 11.3 Å². The number of carbonyl (C=O) groups excluding carboxylic acids is 5. The first-order valence-electron chi connectivity index (χ1n) is 21.2. The minimum atomic E-state index is -2.62. The number of esters is 3. The molecule has 0 radical (unpaired) electrons. The fourth-order valence-electron chi connectivity index (χ4n) is 7.33. The summed E-state index contributed by atoms with van der Waals surface area (Å²) in [6.45, 7) is 14.6. The summed E-state index contributed by atoms with van der Waals surface area (Å²) in [5, 5.41) is 20.8. The molecular formula is C44H60N6O12Si. The number of nitrogens with zero attached hydrogens (tertiary/aromatic N) is 4. The Labute approximate surface area is 368 Å². The lowest BCUT2D eigenvalue weighted by molar-refractivity contribution is -0.162. The van der Waals surface area contributed by atoms with Crippen molar-refractivity contribution in [3.8, 4) is 6.07 Å². The van der Waals surface area contributed by atoms with Gasteiger partial charge in [-0.2, -0.15) is 10.4 Å². The van der Waals surface area contributed by atoms with E-state index in [0.29, 0.717) is 0 Å². The van der Waals surface area contributed by atoms with Crippen molar-refractivity contribution in [1.29, 1.82) is 5.26 Å². The van der Waals surface area contributed by atoms with E-state index < -0.39 is 92.8 Å². The molecule has 63 heavy (non-hydrogen) atoms. The minimum Gasteiger partial charge on any atom is -0.461 e. The summed E-state index contributed by atoms with van der Waals surface area (Å²) in [5.41, 5.74) is -2.60. The zero-order valence-corrected chi connectivity index (χ0v) is 38.6. The first-order valence-corrected chi connectivity index (χ1v) is 24.6. The molecule has 2 amide bonds. The van der Waals surface area contributed by atoms with Crippen LogP contribution in [0.25, 0.3) is 5.52 Å². The van der Waals surface area contributed by atoms with E-state index in [1.165, 1.54) is 4.52 Å². The van der Waals surface area contributed by atoms with Gasteiger partial charge in [0.2, 0.25) is 12.4 Å². The molecule has 1 aromatic carbocycles. The third-order valence-corrected chi connectivity index (χ3v) is 11.2.